The summed E-state index contributed by atoms with van der Waals surface area (Å²) in [5.74, 6) is -0.546. The molecule has 1 N–H and O–H groups in total. The van der Waals surface area contributed by atoms with E-state index in [1.54, 1.807) is 11.6 Å². The summed E-state index contributed by atoms with van der Waals surface area (Å²) >= 11 is 0. The van der Waals surface area contributed by atoms with E-state index in [4.69, 9.17) is 5.11 Å². The Labute approximate surface area is 88.9 Å². The zero-order chi connectivity index (χ0) is 11.2. The number of nitrogens with zero attached hydrogens (tertiary/aromatic N) is 2. The van der Waals surface area contributed by atoms with Crippen LogP contribution in [0.1, 0.15) is 31.0 Å². The zero-order valence-corrected chi connectivity index (χ0v) is 9.27. The lowest BCUT2D eigenvalue weighted by molar-refractivity contribution is -0.142. The number of rotatable bonds is 2. The molecule has 1 aliphatic carbocycles. The molecule has 15 heavy (non-hydrogen) atoms. The van der Waals surface area contributed by atoms with Gasteiger partial charge in [0.05, 0.1) is 11.6 Å². The van der Waals surface area contributed by atoms with Crippen LogP contribution in [0, 0.1) is 11.8 Å². The van der Waals surface area contributed by atoms with Crippen LogP contribution in [0.5, 0.6) is 0 Å². The highest BCUT2D eigenvalue weighted by molar-refractivity contribution is 5.71. The van der Waals surface area contributed by atoms with Crippen LogP contribution >= 0.6 is 0 Å². The Morgan fingerprint density at radius 1 is 1.73 bits per heavy atom. The van der Waals surface area contributed by atoms with E-state index in [0.717, 1.165) is 17.7 Å². The molecule has 0 amide bonds. The third kappa shape index (κ3) is 1.54. The summed E-state index contributed by atoms with van der Waals surface area (Å²) in [6.45, 7) is 3.89. The molecule has 82 valence electrons. The Morgan fingerprint density at radius 2 is 2.40 bits per heavy atom. The molecule has 1 aromatic heterocycles. The fraction of sp³-hybridized carbons (Fsp3) is 0.636. The van der Waals surface area contributed by atoms with Crippen molar-refractivity contribution in [2.45, 2.75) is 26.2 Å². The first kappa shape index (κ1) is 10.2. The highest BCUT2D eigenvalue weighted by Crippen LogP contribution is 2.41. The highest BCUT2D eigenvalue weighted by Gasteiger charge is 2.38. The molecule has 0 aliphatic heterocycles. The van der Waals surface area contributed by atoms with Crippen molar-refractivity contribution in [1.82, 2.24) is 9.78 Å². The number of fused-ring (bicyclic) bond motifs is 1. The Kier molecular flexibility index (Phi) is 2.29. The lowest BCUT2D eigenvalue weighted by Crippen LogP contribution is -2.21. The van der Waals surface area contributed by atoms with Crippen LogP contribution in [0.15, 0.2) is 6.20 Å². The standard InChI is InChI=1S/C11H16N2O2/c1-6-4-9-8(5-13(3)12-9)10(6)7(2)11(14)15/h5-7,10H,4H2,1-3H3,(H,14,15). The molecule has 0 fully saturated rings. The molecule has 3 unspecified atom stereocenters. The SMILES string of the molecule is CC1Cc2nn(C)cc2C1C(C)C(=O)O. The normalized spacial score (nSPS) is 26.3. The van der Waals surface area contributed by atoms with E-state index < -0.39 is 5.97 Å². The Morgan fingerprint density at radius 3 is 3.00 bits per heavy atom. The van der Waals surface area contributed by atoms with Crippen LogP contribution in [-0.4, -0.2) is 20.9 Å². The van der Waals surface area contributed by atoms with Gasteiger partial charge >= 0.3 is 5.97 Å². The number of hydrogen-bond acceptors (Lipinski definition) is 2. The van der Waals surface area contributed by atoms with Gasteiger partial charge in [-0.2, -0.15) is 5.10 Å². The average Bonchev–Trinajstić information content (AvgIpc) is 2.58. The van der Waals surface area contributed by atoms with E-state index in [2.05, 4.69) is 12.0 Å². The number of aliphatic carboxylic acids is 1. The van der Waals surface area contributed by atoms with Gasteiger partial charge in [-0.1, -0.05) is 13.8 Å². The second-order valence-electron chi connectivity index (χ2n) is 4.54. The first-order valence-corrected chi connectivity index (χ1v) is 5.26. The molecule has 1 heterocycles. The third-order valence-electron chi connectivity index (χ3n) is 3.35. The molecule has 0 spiro atoms. The molecule has 0 radical (unpaired) electrons. The van der Waals surface area contributed by atoms with E-state index in [1.807, 2.05) is 13.2 Å². The van der Waals surface area contributed by atoms with Crippen LogP contribution in [0.25, 0.3) is 0 Å². The van der Waals surface area contributed by atoms with Gasteiger partial charge in [0.15, 0.2) is 0 Å². The van der Waals surface area contributed by atoms with Gasteiger partial charge < -0.3 is 5.11 Å². The number of aromatic nitrogens is 2. The van der Waals surface area contributed by atoms with Crippen molar-refractivity contribution in [1.29, 1.82) is 0 Å². The fourth-order valence-electron chi connectivity index (χ4n) is 2.64. The van der Waals surface area contributed by atoms with Crippen molar-refractivity contribution in [2.75, 3.05) is 0 Å². The van der Waals surface area contributed by atoms with Crippen LogP contribution in [0.4, 0.5) is 0 Å². The van der Waals surface area contributed by atoms with E-state index >= 15 is 0 Å². The van der Waals surface area contributed by atoms with Gasteiger partial charge in [-0.3, -0.25) is 9.48 Å². The second-order valence-corrected chi connectivity index (χ2v) is 4.54. The molecule has 0 bridgehead atoms. The summed E-state index contributed by atoms with van der Waals surface area (Å²) in [7, 11) is 1.88. The van der Waals surface area contributed by atoms with E-state index in [9.17, 15) is 4.79 Å². The molecule has 0 aromatic carbocycles. The summed E-state index contributed by atoms with van der Waals surface area (Å²) in [6, 6.07) is 0. The molecular weight excluding hydrogens is 192 g/mol. The van der Waals surface area contributed by atoms with Crippen LogP contribution in [0.3, 0.4) is 0 Å². The van der Waals surface area contributed by atoms with Gasteiger partial charge in [0, 0.05) is 19.2 Å². The number of carboxylic acids is 1. The lowest BCUT2D eigenvalue weighted by atomic mass is 9.84. The summed E-state index contributed by atoms with van der Waals surface area (Å²) in [4.78, 5) is 11.0. The summed E-state index contributed by atoms with van der Waals surface area (Å²) < 4.78 is 1.78. The van der Waals surface area contributed by atoms with Crippen LogP contribution in [0.2, 0.25) is 0 Å². The number of hydrogen-bond donors (Lipinski definition) is 1. The van der Waals surface area contributed by atoms with Gasteiger partial charge in [0.25, 0.3) is 0 Å². The maximum Gasteiger partial charge on any atom is 0.306 e. The molecule has 3 atom stereocenters. The highest BCUT2D eigenvalue weighted by atomic mass is 16.4. The fourth-order valence-corrected chi connectivity index (χ4v) is 2.64. The minimum atomic E-state index is -0.719. The number of carboxylic acid groups (broad SMARTS) is 1. The lowest BCUT2D eigenvalue weighted by Gasteiger charge is -2.20. The van der Waals surface area contributed by atoms with Gasteiger partial charge in [-0.15, -0.1) is 0 Å². The van der Waals surface area contributed by atoms with Crippen molar-refractivity contribution in [3.05, 3.63) is 17.5 Å². The summed E-state index contributed by atoms with van der Waals surface area (Å²) in [5, 5.41) is 13.4. The minimum absolute atomic E-state index is 0.117. The Balaban J connectivity index is 2.36. The monoisotopic (exact) mass is 208 g/mol. The van der Waals surface area contributed by atoms with E-state index in [-0.39, 0.29) is 11.8 Å². The predicted molar refractivity (Wildman–Crippen MR) is 55.6 cm³/mol. The average molecular weight is 208 g/mol. The Hall–Kier alpha value is -1.32. The molecule has 2 rings (SSSR count). The van der Waals surface area contributed by atoms with E-state index in [1.165, 1.54) is 0 Å². The first-order valence-electron chi connectivity index (χ1n) is 5.26. The minimum Gasteiger partial charge on any atom is -0.481 e. The maximum atomic E-state index is 11.0. The van der Waals surface area contributed by atoms with Gasteiger partial charge in [0.1, 0.15) is 0 Å². The Bertz CT molecular complexity index is 397. The number of aryl methyl sites for hydroxylation is 1. The molecule has 0 saturated carbocycles. The van der Waals surface area contributed by atoms with Gasteiger partial charge in [0.2, 0.25) is 0 Å². The van der Waals surface area contributed by atoms with Gasteiger partial charge in [-0.25, -0.2) is 0 Å². The second kappa shape index (κ2) is 3.36. The topological polar surface area (TPSA) is 55.1 Å². The largest absolute Gasteiger partial charge is 0.481 e. The zero-order valence-electron chi connectivity index (χ0n) is 9.27. The number of carbonyl (C=O) groups is 1. The van der Waals surface area contributed by atoms with E-state index in [0.29, 0.717) is 5.92 Å². The van der Waals surface area contributed by atoms with Crippen molar-refractivity contribution in [3.8, 4) is 0 Å². The maximum absolute atomic E-state index is 11.0. The molecule has 4 heteroatoms. The molecule has 0 saturated heterocycles. The summed E-state index contributed by atoms with van der Waals surface area (Å²) in [5.41, 5.74) is 2.20. The quantitative estimate of drug-likeness (QED) is 0.799. The molecule has 1 aromatic rings. The van der Waals surface area contributed by atoms with Crippen molar-refractivity contribution < 1.29 is 9.90 Å². The van der Waals surface area contributed by atoms with Crippen molar-refractivity contribution >= 4 is 5.97 Å². The molecule has 1 aliphatic rings. The van der Waals surface area contributed by atoms with Crippen LogP contribution in [-0.2, 0) is 18.3 Å². The van der Waals surface area contributed by atoms with Crippen molar-refractivity contribution in [3.63, 3.8) is 0 Å². The first-order chi connectivity index (χ1) is 7.00. The predicted octanol–water partition coefficient (Wildman–Crippen LogP) is 1.42. The molecular formula is C11H16N2O2. The summed E-state index contributed by atoms with van der Waals surface area (Å²) in [6.07, 6.45) is 2.86. The van der Waals surface area contributed by atoms with Gasteiger partial charge in [-0.05, 0) is 17.9 Å². The van der Waals surface area contributed by atoms with Crippen LogP contribution < -0.4 is 0 Å². The smallest absolute Gasteiger partial charge is 0.306 e. The third-order valence-corrected chi connectivity index (χ3v) is 3.35. The van der Waals surface area contributed by atoms with Crippen molar-refractivity contribution in [2.24, 2.45) is 18.9 Å². The molecule has 4 nitrogen and oxygen atoms in total.